The molecule has 1 atom stereocenters. The number of halogens is 3. The molecule has 0 spiro atoms. The van der Waals surface area contributed by atoms with E-state index in [2.05, 4.69) is 22.5 Å². The highest BCUT2D eigenvalue weighted by Crippen LogP contribution is 2.23. The average Bonchev–Trinajstić information content (AvgIpc) is 2.92. The van der Waals surface area contributed by atoms with Gasteiger partial charge in [0.2, 0.25) is 0 Å². The second kappa shape index (κ2) is 9.64. The number of aliphatic imine (C=N–C) groups is 1. The minimum Gasteiger partial charge on any atom is -0.373 e. The van der Waals surface area contributed by atoms with E-state index in [0.29, 0.717) is 18.0 Å². The topological polar surface area (TPSA) is 45.7 Å². The smallest absolute Gasteiger partial charge is 0.191 e. The highest BCUT2D eigenvalue weighted by Gasteiger charge is 2.29. The molecule has 0 saturated carbocycles. The first-order valence-electron chi connectivity index (χ1n) is 7.55. The van der Waals surface area contributed by atoms with Gasteiger partial charge in [0.1, 0.15) is 5.82 Å². The number of rotatable bonds is 5. The molecule has 1 fully saturated rings. The van der Waals surface area contributed by atoms with Gasteiger partial charge in [-0.2, -0.15) is 0 Å². The van der Waals surface area contributed by atoms with E-state index >= 15 is 0 Å². The molecule has 0 aliphatic carbocycles. The molecule has 4 nitrogen and oxygen atoms in total. The van der Waals surface area contributed by atoms with E-state index in [1.165, 1.54) is 12.1 Å². The molecule has 23 heavy (non-hydrogen) atoms. The van der Waals surface area contributed by atoms with E-state index in [-0.39, 0.29) is 35.4 Å². The van der Waals surface area contributed by atoms with Crippen molar-refractivity contribution in [2.75, 3.05) is 26.7 Å². The highest BCUT2D eigenvalue weighted by molar-refractivity contribution is 14.0. The Balaban J connectivity index is 0.00000264. The molecule has 2 N–H and O–H groups in total. The van der Waals surface area contributed by atoms with Crippen molar-refractivity contribution >= 4 is 41.5 Å². The summed E-state index contributed by atoms with van der Waals surface area (Å²) >= 11 is 6.01. The van der Waals surface area contributed by atoms with E-state index in [1.807, 2.05) is 0 Å². The summed E-state index contributed by atoms with van der Waals surface area (Å²) in [6.07, 6.45) is 2.86. The lowest BCUT2D eigenvalue weighted by Crippen LogP contribution is -2.45. The molecule has 0 aromatic heterocycles. The Kier molecular flexibility index (Phi) is 8.57. The lowest BCUT2D eigenvalue weighted by Gasteiger charge is -2.24. The summed E-state index contributed by atoms with van der Waals surface area (Å²) in [7, 11) is 1.73. The molecule has 1 saturated heterocycles. The van der Waals surface area contributed by atoms with Crippen LogP contribution in [0.4, 0.5) is 4.39 Å². The van der Waals surface area contributed by atoms with Crippen molar-refractivity contribution in [2.45, 2.75) is 31.8 Å². The summed E-state index contributed by atoms with van der Waals surface area (Å²) in [6.45, 7) is 4.33. The maximum atomic E-state index is 13.0. The Morgan fingerprint density at radius 2 is 2.22 bits per heavy atom. The van der Waals surface area contributed by atoms with Gasteiger partial charge in [-0.3, -0.25) is 4.99 Å². The van der Waals surface area contributed by atoms with Gasteiger partial charge in [-0.05, 0) is 43.9 Å². The van der Waals surface area contributed by atoms with Crippen molar-refractivity contribution in [1.29, 1.82) is 0 Å². The van der Waals surface area contributed by atoms with E-state index in [4.69, 9.17) is 16.3 Å². The van der Waals surface area contributed by atoms with Gasteiger partial charge < -0.3 is 15.4 Å². The van der Waals surface area contributed by atoms with Crippen LogP contribution < -0.4 is 10.6 Å². The second-order valence-electron chi connectivity index (χ2n) is 5.74. The summed E-state index contributed by atoms with van der Waals surface area (Å²) < 4.78 is 18.7. The van der Waals surface area contributed by atoms with Gasteiger partial charge in [0.05, 0.1) is 5.60 Å². The van der Waals surface area contributed by atoms with Crippen LogP contribution >= 0.6 is 35.6 Å². The summed E-state index contributed by atoms with van der Waals surface area (Å²) in [5.74, 6) is 0.416. The molecular formula is C16H24ClFIN3O. The summed E-state index contributed by atoms with van der Waals surface area (Å²) in [4.78, 5) is 4.19. The Hall–Kier alpha value is -0.600. The fourth-order valence-electron chi connectivity index (χ4n) is 2.51. The average molecular weight is 456 g/mol. The minimum absolute atomic E-state index is 0. The first-order valence-corrected chi connectivity index (χ1v) is 7.93. The monoisotopic (exact) mass is 455 g/mol. The lowest BCUT2D eigenvalue weighted by atomic mass is 10.0. The highest BCUT2D eigenvalue weighted by atomic mass is 127. The summed E-state index contributed by atoms with van der Waals surface area (Å²) in [6, 6.07) is 4.47. The third-order valence-corrected chi connectivity index (χ3v) is 4.21. The second-order valence-corrected chi connectivity index (χ2v) is 6.15. The van der Waals surface area contributed by atoms with Crippen molar-refractivity contribution in [2.24, 2.45) is 4.99 Å². The molecule has 7 heteroatoms. The maximum Gasteiger partial charge on any atom is 0.191 e. The van der Waals surface area contributed by atoms with E-state index in [9.17, 15) is 4.39 Å². The molecule has 1 heterocycles. The largest absolute Gasteiger partial charge is 0.373 e. The van der Waals surface area contributed by atoms with Crippen molar-refractivity contribution in [3.05, 3.63) is 34.6 Å². The third-order valence-electron chi connectivity index (χ3n) is 3.86. The number of benzene rings is 1. The number of nitrogens with one attached hydrogen (secondary N) is 2. The van der Waals surface area contributed by atoms with Crippen LogP contribution in [0, 0.1) is 5.82 Å². The predicted molar refractivity (Wildman–Crippen MR) is 103 cm³/mol. The Labute approximate surface area is 159 Å². The van der Waals surface area contributed by atoms with Gasteiger partial charge in [-0.25, -0.2) is 4.39 Å². The van der Waals surface area contributed by atoms with Crippen LogP contribution in [0.3, 0.4) is 0 Å². The van der Waals surface area contributed by atoms with Gasteiger partial charge in [0.15, 0.2) is 5.96 Å². The van der Waals surface area contributed by atoms with Crippen LogP contribution in [-0.4, -0.2) is 38.3 Å². The number of hydrogen-bond donors (Lipinski definition) is 2. The number of nitrogens with zero attached hydrogens (tertiary/aromatic N) is 1. The molecule has 130 valence electrons. The molecule has 1 unspecified atom stereocenters. The van der Waals surface area contributed by atoms with Crippen LogP contribution in [-0.2, 0) is 11.2 Å². The number of ether oxygens (including phenoxy) is 1. The minimum atomic E-state index is -0.316. The van der Waals surface area contributed by atoms with Gasteiger partial charge in [0, 0.05) is 31.8 Å². The molecule has 0 amide bonds. The molecule has 0 radical (unpaired) electrons. The molecular weight excluding hydrogens is 432 g/mol. The van der Waals surface area contributed by atoms with Crippen molar-refractivity contribution < 1.29 is 9.13 Å². The van der Waals surface area contributed by atoms with E-state index in [0.717, 1.165) is 37.5 Å². The predicted octanol–water partition coefficient (Wildman–Crippen LogP) is 3.37. The van der Waals surface area contributed by atoms with Crippen molar-refractivity contribution in [3.8, 4) is 0 Å². The van der Waals surface area contributed by atoms with Crippen LogP contribution in [0.2, 0.25) is 5.02 Å². The fourth-order valence-corrected chi connectivity index (χ4v) is 2.77. The quantitative estimate of drug-likeness (QED) is 0.406. The molecule has 1 aromatic rings. The summed E-state index contributed by atoms with van der Waals surface area (Å²) in [5.41, 5.74) is 0.801. The van der Waals surface area contributed by atoms with Gasteiger partial charge in [-0.1, -0.05) is 17.7 Å². The van der Waals surface area contributed by atoms with Crippen molar-refractivity contribution in [1.82, 2.24) is 10.6 Å². The zero-order valence-corrected chi connectivity index (χ0v) is 16.6. The Bertz CT molecular complexity index is 536. The first kappa shape index (κ1) is 20.4. The Morgan fingerprint density at radius 3 is 2.83 bits per heavy atom. The third kappa shape index (κ3) is 6.43. The standard InChI is InChI=1S/C16H23ClFN3O.HI/c1-16(7-3-9-22-16)11-21-15(19-2)20-8-6-12-4-5-13(18)10-14(12)17;/h4-5,10H,3,6-9,11H2,1-2H3,(H2,19,20,21);1H. The normalized spacial score (nSPS) is 21.0. The van der Waals surface area contributed by atoms with Crippen LogP contribution in [0.5, 0.6) is 0 Å². The Morgan fingerprint density at radius 1 is 1.43 bits per heavy atom. The van der Waals surface area contributed by atoms with Crippen LogP contribution in [0.15, 0.2) is 23.2 Å². The van der Waals surface area contributed by atoms with Crippen LogP contribution in [0.1, 0.15) is 25.3 Å². The van der Waals surface area contributed by atoms with Gasteiger partial charge in [-0.15, -0.1) is 24.0 Å². The molecule has 1 aliphatic heterocycles. The van der Waals surface area contributed by atoms with E-state index < -0.39 is 0 Å². The number of guanidine groups is 1. The molecule has 0 bridgehead atoms. The molecule has 2 rings (SSSR count). The van der Waals surface area contributed by atoms with E-state index in [1.54, 1.807) is 13.1 Å². The first-order chi connectivity index (χ1) is 10.5. The molecule has 1 aromatic carbocycles. The maximum absolute atomic E-state index is 13.0. The fraction of sp³-hybridized carbons (Fsp3) is 0.562. The summed E-state index contributed by atoms with van der Waals surface area (Å²) in [5, 5.41) is 6.97. The molecule has 1 aliphatic rings. The SMILES string of the molecule is CN=C(NCCc1ccc(F)cc1Cl)NCC1(C)CCCO1.I. The van der Waals surface area contributed by atoms with Crippen molar-refractivity contribution in [3.63, 3.8) is 0 Å². The lowest BCUT2D eigenvalue weighted by molar-refractivity contribution is 0.0243. The zero-order chi connectivity index (χ0) is 16.0. The van der Waals surface area contributed by atoms with Gasteiger partial charge >= 0.3 is 0 Å². The number of hydrogen-bond acceptors (Lipinski definition) is 2. The zero-order valence-electron chi connectivity index (χ0n) is 13.5. The van der Waals surface area contributed by atoms with Gasteiger partial charge in [0.25, 0.3) is 0 Å². The van der Waals surface area contributed by atoms with Crippen LogP contribution in [0.25, 0.3) is 0 Å².